The third-order valence-corrected chi connectivity index (χ3v) is 5.38. The molecule has 0 unspecified atom stereocenters. The van der Waals surface area contributed by atoms with E-state index in [2.05, 4.69) is 4.72 Å². The summed E-state index contributed by atoms with van der Waals surface area (Å²) >= 11 is 0. The van der Waals surface area contributed by atoms with Gasteiger partial charge >= 0.3 is 0 Å². The van der Waals surface area contributed by atoms with E-state index in [0.29, 0.717) is 30.3 Å². The molecule has 0 saturated carbocycles. The van der Waals surface area contributed by atoms with Gasteiger partial charge in [-0.3, -0.25) is 0 Å². The topological polar surface area (TPSA) is 73.9 Å². The summed E-state index contributed by atoms with van der Waals surface area (Å²) in [4.78, 5) is -0.251. The van der Waals surface area contributed by atoms with E-state index in [-0.39, 0.29) is 10.6 Å². The quantitative estimate of drug-likeness (QED) is 0.879. The molecule has 1 aliphatic heterocycles. The molecule has 0 fully saturated rings. The van der Waals surface area contributed by atoms with Crippen LogP contribution in [0.2, 0.25) is 0 Å². The van der Waals surface area contributed by atoms with E-state index in [0.717, 1.165) is 12.1 Å². The molecular formula is C17H18FNO5S. The molecule has 0 amide bonds. The van der Waals surface area contributed by atoms with E-state index in [4.69, 9.17) is 14.2 Å². The third-order valence-electron chi connectivity index (χ3n) is 3.81. The van der Waals surface area contributed by atoms with Gasteiger partial charge in [0.25, 0.3) is 0 Å². The summed E-state index contributed by atoms with van der Waals surface area (Å²) in [7, 11) is -2.65. The minimum Gasteiger partial charge on any atom is -0.495 e. The second kappa shape index (κ2) is 6.89. The molecule has 8 heteroatoms. The standard InChI is InChI=1S/C17H18FNO5S/c1-11(12-3-5-14-16(9-12)24-8-7-23-14)19-25(20,21)17-10-13(18)4-6-15(17)22-2/h3-6,9-11,19H,7-8H2,1-2H3/t11-/m1/s1. The number of benzene rings is 2. The van der Waals surface area contributed by atoms with E-state index in [1.807, 2.05) is 0 Å². The van der Waals surface area contributed by atoms with Crippen LogP contribution in [0.1, 0.15) is 18.5 Å². The van der Waals surface area contributed by atoms with Crippen molar-refractivity contribution in [3.63, 3.8) is 0 Å². The van der Waals surface area contributed by atoms with Crippen LogP contribution >= 0.6 is 0 Å². The molecule has 1 N–H and O–H groups in total. The molecular weight excluding hydrogens is 349 g/mol. The third kappa shape index (κ3) is 3.69. The fourth-order valence-electron chi connectivity index (χ4n) is 2.55. The Balaban J connectivity index is 1.87. The van der Waals surface area contributed by atoms with Gasteiger partial charge in [-0.1, -0.05) is 6.07 Å². The average molecular weight is 367 g/mol. The van der Waals surface area contributed by atoms with Crippen LogP contribution in [0.15, 0.2) is 41.3 Å². The zero-order valence-corrected chi connectivity index (χ0v) is 14.6. The molecule has 1 aliphatic rings. The lowest BCUT2D eigenvalue weighted by Crippen LogP contribution is -2.27. The number of hydrogen-bond donors (Lipinski definition) is 1. The minimum absolute atomic E-state index is 0.0725. The van der Waals surface area contributed by atoms with Crippen LogP contribution in [-0.4, -0.2) is 28.7 Å². The van der Waals surface area contributed by atoms with Gasteiger partial charge in [0.05, 0.1) is 7.11 Å². The summed E-state index contributed by atoms with van der Waals surface area (Å²) in [5, 5.41) is 0. The molecule has 1 heterocycles. The maximum absolute atomic E-state index is 13.5. The van der Waals surface area contributed by atoms with Gasteiger partial charge in [-0.05, 0) is 42.8 Å². The van der Waals surface area contributed by atoms with Crippen molar-refractivity contribution in [2.75, 3.05) is 20.3 Å². The summed E-state index contributed by atoms with van der Waals surface area (Å²) < 4.78 is 57.2. The van der Waals surface area contributed by atoms with Crippen LogP contribution in [0.5, 0.6) is 17.2 Å². The molecule has 0 aliphatic carbocycles. The highest BCUT2D eigenvalue weighted by atomic mass is 32.2. The zero-order valence-electron chi connectivity index (χ0n) is 13.8. The average Bonchev–Trinajstić information content (AvgIpc) is 2.61. The Morgan fingerprint density at radius 3 is 2.56 bits per heavy atom. The van der Waals surface area contributed by atoms with Gasteiger partial charge in [-0.25, -0.2) is 17.5 Å². The highest BCUT2D eigenvalue weighted by Gasteiger charge is 2.24. The molecule has 6 nitrogen and oxygen atoms in total. The zero-order chi connectivity index (χ0) is 18.0. The lowest BCUT2D eigenvalue weighted by atomic mass is 10.1. The molecule has 2 aromatic rings. The number of fused-ring (bicyclic) bond motifs is 1. The van der Waals surface area contributed by atoms with Crippen molar-refractivity contribution < 1.29 is 27.0 Å². The number of rotatable bonds is 5. The van der Waals surface area contributed by atoms with Gasteiger partial charge in [0.15, 0.2) is 11.5 Å². The van der Waals surface area contributed by atoms with E-state index in [1.54, 1.807) is 25.1 Å². The van der Waals surface area contributed by atoms with Gasteiger partial charge in [-0.2, -0.15) is 0 Å². The monoisotopic (exact) mass is 367 g/mol. The molecule has 0 aromatic heterocycles. The number of hydrogen-bond acceptors (Lipinski definition) is 5. The molecule has 25 heavy (non-hydrogen) atoms. The summed E-state index contributed by atoms with van der Waals surface area (Å²) in [5.74, 6) is 0.603. The second-order valence-electron chi connectivity index (χ2n) is 5.54. The molecule has 3 rings (SSSR count). The van der Waals surface area contributed by atoms with E-state index in [1.165, 1.54) is 13.2 Å². The van der Waals surface area contributed by atoms with Gasteiger partial charge in [-0.15, -0.1) is 0 Å². The summed E-state index contributed by atoms with van der Waals surface area (Å²) in [6.45, 7) is 2.61. The molecule has 0 radical (unpaired) electrons. The Bertz CT molecular complexity index is 885. The fourth-order valence-corrected chi connectivity index (χ4v) is 3.97. The van der Waals surface area contributed by atoms with Gasteiger partial charge in [0.1, 0.15) is 29.7 Å². The van der Waals surface area contributed by atoms with E-state index < -0.39 is 21.9 Å². The van der Waals surface area contributed by atoms with Crippen LogP contribution < -0.4 is 18.9 Å². The maximum Gasteiger partial charge on any atom is 0.244 e. The Labute approximate surface area is 145 Å². The van der Waals surface area contributed by atoms with Crippen molar-refractivity contribution in [1.82, 2.24) is 4.72 Å². The van der Waals surface area contributed by atoms with Crippen LogP contribution in [0.3, 0.4) is 0 Å². The predicted molar refractivity (Wildman–Crippen MR) is 89.1 cm³/mol. The lowest BCUT2D eigenvalue weighted by molar-refractivity contribution is 0.171. The van der Waals surface area contributed by atoms with Crippen molar-refractivity contribution in [3.05, 3.63) is 47.8 Å². The number of sulfonamides is 1. The summed E-state index contributed by atoms with van der Waals surface area (Å²) in [6.07, 6.45) is 0. The van der Waals surface area contributed by atoms with Crippen LogP contribution in [-0.2, 0) is 10.0 Å². The Hall–Kier alpha value is -2.32. The Morgan fingerprint density at radius 1 is 1.12 bits per heavy atom. The first-order chi connectivity index (χ1) is 11.9. The van der Waals surface area contributed by atoms with Gasteiger partial charge in [0.2, 0.25) is 10.0 Å². The SMILES string of the molecule is COc1ccc(F)cc1S(=O)(=O)N[C@H](C)c1ccc2c(c1)OCCO2. The highest BCUT2D eigenvalue weighted by Crippen LogP contribution is 2.33. The van der Waals surface area contributed by atoms with Gasteiger partial charge in [0, 0.05) is 6.04 Å². The van der Waals surface area contributed by atoms with Crippen molar-refractivity contribution in [3.8, 4) is 17.2 Å². The highest BCUT2D eigenvalue weighted by molar-refractivity contribution is 7.89. The predicted octanol–water partition coefficient (Wildman–Crippen LogP) is 2.65. The first kappa shape index (κ1) is 17.5. The maximum atomic E-state index is 13.5. The van der Waals surface area contributed by atoms with Crippen LogP contribution in [0, 0.1) is 5.82 Å². The normalized spacial score (nSPS) is 14.8. The van der Waals surface area contributed by atoms with Crippen molar-refractivity contribution in [2.24, 2.45) is 0 Å². The molecule has 134 valence electrons. The number of nitrogens with one attached hydrogen (secondary N) is 1. The number of ether oxygens (including phenoxy) is 3. The van der Waals surface area contributed by atoms with Crippen LogP contribution in [0.4, 0.5) is 4.39 Å². The fraction of sp³-hybridized carbons (Fsp3) is 0.294. The Kier molecular flexibility index (Phi) is 4.82. The minimum atomic E-state index is -3.98. The van der Waals surface area contributed by atoms with Crippen molar-refractivity contribution in [1.29, 1.82) is 0 Å². The van der Waals surface area contributed by atoms with E-state index in [9.17, 15) is 12.8 Å². The lowest BCUT2D eigenvalue weighted by Gasteiger charge is -2.21. The summed E-state index contributed by atoms with van der Waals surface area (Å²) in [6, 6.07) is 8.00. The van der Waals surface area contributed by atoms with E-state index >= 15 is 0 Å². The molecule has 0 bridgehead atoms. The van der Waals surface area contributed by atoms with Crippen molar-refractivity contribution in [2.45, 2.75) is 17.9 Å². The molecule has 0 spiro atoms. The first-order valence-electron chi connectivity index (χ1n) is 7.66. The molecule has 2 aromatic carbocycles. The largest absolute Gasteiger partial charge is 0.495 e. The van der Waals surface area contributed by atoms with Gasteiger partial charge < -0.3 is 14.2 Å². The summed E-state index contributed by atoms with van der Waals surface area (Å²) in [5.41, 5.74) is 0.697. The van der Waals surface area contributed by atoms with Crippen LogP contribution in [0.25, 0.3) is 0 Å². The smallest absolute Gasteiger partial charge is 0.244 e. The number of methoxy groups -OCH3 is 1. The number of halogens is 1. The molecule has 0 saturated heterocycles. The Morgan fingerprint density at radius 2 is 1.84 bits per heavy atom. The molecule has 1 atom stereocenters. The first-order valence-corrected chi connectivity index (χ1v) is 9.14. The van der Waals surface area contributed by atoms with Crippen molar-refractivity contribution >= 4 is 10.0 Å². The second-order valence-corrected chi connectivity index (χ2v) is 7.22.